The molecule has 0 bridgehead atoms. The highest BCUT2D eigenvalue weighted by Gasteiger charge is 2.10. The van der Waals surface area contributed by atoms with E-state index in [-0.39, 0.29) is 5.91 Å². The van der Waals surface area contributed by atoms with Crippen molar-refractivity contribution < 1.29 is 17.9 Å². The Morgan fingerprint density at radius 2 is 1.59 bits per heavy atom. The molecular formula is C20H18BrN3O4S. The van der Waals surface area contributed by atoms with Crippen LogP contribution in [0.3, 0.4) is 0 Å². The van der Waals surface area contributed by atoms with Crippen LogP contribution in [0.5, 0.6) is 11.5 Å². The number of nitrogens with one attached hydrogen (secondary N) is 2. The molecule has 0 heterocycles. The fourth-order valence-corrected chi connectivity index (χ4v) is 3.28. The summed E-state index contributed by atoms with van der Waals surface area (Å²) in [6.45, 7) is 0. The van der Waals surface area contributed by atoms with Crippen LogP contribution in [-0.2, 0) is 10.0 Å². The topological polar surface area (TPSA) is 111 Å². The van der Waals surface area contributed by atoms with E-state index in [2.05, 4.69) is 26.0 Å². The minimum Gasteiger partial charge on any atom is -0.455 e. The van der Waals surface area contributed by atoms with Crippen LogP contribution < -0.4 is 20.5 Å². The van der Waals surface area contributed by atoms with Gasteiger partial charge in [-0.05, 0) is 66.7 Å². The smallest absolute Gasteiger partial charge is 0.255 e. The molecule has 3 aromatic carbocycles. The molecule has 0 aliphatic heterocycles. The summed E-state index contributed by atoms with van der Waals surface area (Å²) in [6, 6.07) is 18.4. The number of hydrogen-bond acceptors (Lipinski definition) is 5. The quantitative estimate of drug-likeness (QED) is 0.456. The second-order valence-corrected chi connectivity index (χ2v) is 8.88. The van der Waals surface area contributed by atoms with Gasteiger partial charge < -0.3 is 15.8 Å². The van der Waals surface area contributed by atoms with Gasteiger partial charge in [0, 0.05) is 21.4 Å². The van der Waals surface area contributed by atoms with Crippen molar-refractivity contribution in [3.8, 4) is 11.5 Å². The van der Waals surface area contributed by atoms with E-state index in [1.807, 2.05) is 12.1 Å². The molecule has 0 radical (unpaired) electrons. The lowest BCUT2D eigenvalue weighted by Crippen LogP contribution is -2.12. The summed E-state index contributed by atoms with van der Waals surface area (Å²) < 4.78 is 31.5. The Hall–Kier alpha value is -3.04. The molecule has 150 valence electrons. The number of anilines is 3. The average Bonchev–Trinajstić information content (AvgIpc) is 2.65. The van der Waals surface area contributed by atoms with Crippen LogP contribution in [0.15, 0.2) is 71.2 Å². The Bertz CT molecular complexity index is 1130. The van der Waals surface area contributed by atoms with Crippen LogP contribution in [-0.4, -0.2) is 20.6 Å². The lowest BCUT2D eigenvalue weighted by molar-refractivity contribution is 0.102. The second kappa shape index (κ2) is 8.54. The summed E-state index contributed by atoms with van der Waals surface area (Å²) in [5.41, 5.74) is 7.81. The fourth-order valence-electron chi connectivity index (χ4n) is 2.45. The molecule has 0 unspecified atom stereocenters. The summed E-state index contributed by atoms with van der Waals surface area (Å²) in [5.74, 6) is 0.568. The van der Waals surface area contributed by atoms with Crippen LogP contribution in [0.25, 0.3) is 0 Å². The Morgan fingerprint density at radius 3 is 2.17 bits per heavy atom. The van der Waals surface area contributed by atoms with Crippen molar-refractivity contribution in [3.63, 3.8) is 0 Å². The lowest BCUT2D eigenvalue weighted by atomic mass is 10.1. The molecule has 0 aromatic heterocycles. The Kier molecular flexibility index (Phi) is 6.09. The van der Waals surface area contributed by atoms with Gasteiger partial charge in [0.15, 0.2) is 0 Å². The predicted molar refractivity (Wildman–Crippen MR) is 118 cm³/mol. The van der Waals surface area contributed by atoms with Gasteiger partial charge in [-0.25, -0.2) is 8.42 Å². The van der Waals surface area contributed by atoms with E-state index in [1.165, 1.54) is 6.07 Å². The first-order valence-electron chi connectivity index (χ1n) is 8.42. The Morgan fingerprint density at radius 1 is 0.966 bits per heavy atom. The standard InChI is InChI=1S/C20H18BrN3O4S/c1-29(26,27)24-16-7-9-17(10-8-16)28-19-11-2-13(12-18(19)22)20(25)23-15-5-3-14(21)4-6-15/h2-12,24H,22H2,1H3,(H,23,25). The molecule has 0 saturated carbocycles. The molecule has 0 saturated heterocycles. The van der Waals surface area contributed by atoms with Gasteiger partial charge in [-0.1, -0.05) is 15.9 Å². The fraction of sp³-hybridized carbons (Fsp3) is 0.0500. The number of amides is 1. The van der Waals surface area contributed by atoms with Crippen molar-refractivity contribution >= 4 is 48.9 Å². The maximum atomic E-state index is 12.4. The highest BCUT2D eigenvalue weighted by atomic mass is 79.9. The molecule has 0 fully saturated rings. The van der Waals surface area contributed by atoms with Gasteiger partial charge in [0.2, 0.25) is 10.0 Å². The summed E-state index contributed by atoms with van der Waals surface area (Å²) in [4.78, 5) is 12.4. The molecular weight excluding hydrogens is 458 g/mol. The number of sulfonamides is 1. The third-order valence-corrected chi connectivity index (χ3v) is 4.89. The largest absolute Gasteiger partial charge is 0.455 e. The molecule has 0 aliphatic rings. The van der Waals surface area contributed by atoms with Gasteiger partial charge >= 0.3 is 0 Å². The summed E-state index contributed by atoms with van der Waals surface area (Å²) in [5, 5.41) is 2.79. The van der Waals surface area contributed by atoms with Crippen LogP contribution in [0.1, 0.15) is 10.4 Å². The Balaban J connectivity index is 1.69. The minimum atomic E-state index is -3.34. The van der Waals surface area contributed by atoms with E-state index in [4.69, 9.17) is 10.5 Å². The summed E-state index contributed by atoms with van der Waals surface area (Å²) >= 11 is 3.34. The van der Waals surface area contributed by atoms with Crippen LogP contribution in [0.2, 0.25) is 0 Å². The third kappa shape index (κ3) is 5.97. The third-order valence-electron chi connectivity index (χ3n) is 3.76. The SMILES string of the molecule is CS(=O)(=O)Nc1ccc(Oc2ccc(C(=O)Nc3ccc(Br)cc3)cc2N)cc1. The zero-order valence-electron chi connectivity index (χ0n) is 15.3. The molecule has 4 N–H and O–H groups in total. The number of hydrogen-bond donors (Lipinski definition) is 3. The van der Waals surface area contributed by atoms with Crippen LogP contribution in [0, 0.1) is 0 Å². The highest BCUT2D eigenvalue weighted by Crippen LogP contribution is 2.29. The van der Waals surface area contributed by atoms with E-state index in [0.717, 1.165) is 10.7 Å². The normalized spacial score (nSPS) is 11.0. The molecule has 0 aliphatic carbocycles. The monoisotopic (exact) mass is 475 g/mol. The molecule has 1 amide bonds. The van der Waals surface area contributed by atoms with Gasteiger partial charge in [-0.15, -0.1) is 0 Å². The molecule has 3 rings (SSSR count). The van der Waals surface area contributed by atoms with Crippen molar-refractivity contribution in [1.82, 2.24) is 0 Å². The molecule has 0 spiro atoms. The molecule has 3 aromatic rings. The van der Waals surface area contributed by atoms with Crippen molar-refractivity contribution in [2.75, 3.05) is 22.0 Å². The van der Waals surface area contributed by atoms with Crippen molar-refractivity contribution in [3.05, 3.63) is 76.8 Å². The Labute approximate surface area is 177 Å². The van der Waals surface area contributed by atoms with Gasteiger partial charge in [0.05, 0.1) is 11.9 Å². The van der Waals surface area contributed by atoms with Crippen LogP contribution >= 0.6 is 15.9 Å². The van der Waals surface area contributed by atoms with Crippen molar-refractivity contribution in [1.29, 1.82) is 0 Å². The van der Waals surface area contributed by atoms with Crippen molar-refractivity contribution in [2.45, 2.75) is 0 Å². The van der Waals surface area contributed by atoms with Crippen LogP contribution in [0.4, 0.5) is 17.1 Å². The maximum Gasteiger partial charge on any atom is 0.255 e. The highest BCUT2D eigenvalue weighted by molar-refractivity contribution is 9.10. The summed E-state index contributed by atoms with van der Waals surface area (Å²) in [7, 11) is -3.34. The first-order chi connectivity index (χ1) is 13.7. The average molecular weight is 476 g/mol. The second-order valence-electron chi connectivity index (χ2n) is 6.21. The molecule has 29 heavy (non-hydrogen) atoms. The minimum absolute atomic E-state index is 0.290. The number of nitrogens with two attached hydrogens (primary N) is 1. The predicted octanol–water partition coefficient (Wildman–Crippen LogP) is 4.45. The van der Waals surface area contributed by atoms with Gasteiger partial charge in [0.25, 0.3) is 5.91 Å². The number of carbonyl (C=O) groups excluding carboxylic acids is 1. The lowest BCUT2D eigenvalue weighted by Gasteiger charge is -2.11. The first kappa shape index (κ1) is 20.7. The van der Waals surface area contributed by atoms with Gasteiger partial charge in [0.1, 0.15) is 11.5 Å². The van der Waals surface area contributed by atoms with E-state index in [0.29, 0.717) is 34.1 Å². The van der Waals surface area contributed by atoms with Gasteiger partial charge in [-0.2, -0.15) is 0 Å². The van der Waals surface area contributed by atoms with E-state index in [9.17, 15) is 13.2 Å². The summed E-state index contributed by atoms with van der Waals surface area (Å²) in [6.07, 6.45) is 1.08. The number of carbonyl (C=O) groups is 1. The van der Waals surface area contributed by atoms with E-state index < -0.39 is 10.0 Å². The van der Waals surface area contributed by atoms with Gasteiger partial charge in [-0.3, -0.25) is 9.52 Å². The van der Waals surface area contributed by atoms with E-state index >= 15 is 0 Å². The zero-order valence-corrected chi connectivity index (χ0v) is 17.7. The maximum absolute atomic E-state index is 12.4. The number of rotatable bonds is 6. The molecule has 9 heteroatoms. The van der Waals surface area contributed by atoms with E-state index in [1.54, 1.807) is 48.5 Å². The van der Waals surface area contributed by atoms with Crippen molar-refractivity contribution in [2.24, 2.45) is 0 Å². The molecule has 0 atom stereocenters. The first-order valence-corrected chi connectivity index (χ1v) is 11.1. The number of ether oxygens (including phenoxy) is 1. The molecule has 7 nitrogen and oxygen atoms in total. The zero-order chi connectivity index (χ0) is 21.0. The number of benzene rings is 3. The number of nitrogen functional groups attached to an aromatic ring is 1. The number of halogens is 1.